The van der Waals surface area contributed by atoms with Crippen molar-refractivity contribution in [3.05, 3.63) is 30.3 Å². The first kappa shape index (κ1) is 16.9. The normalized spacial score (nSPS) is 11.4. The van der Waals surface area contributed by atoms with Crippen molar-refractivity contribution in [2.45, 2.75) is 26.3 Å². The molecule has 0 aliphatic heterocycles. The molecule has 0 amide bonds. The van der Waals surface area contributed by atoms with Crippen LogP contribution in [0.3, 0.4) is 0 Å². The van der Waals surface area contributed by atoms with E-state index in [0.717, 1.165) is 0 Å². The zero-order valence-corrected chi connectivity index (χ0v) is 12.9. The van der Waals surface area contributed by atoms with Crippen LogP contribution in [-0.4, -0.2) is 29.4 Å². The van der Waals surface area contributed by atoms with Crippen LogP contribution in [-0.2, 0) is 0 Å². The molecule has 2 rings (SSSR count). The van der Waals surface area contributed by atoms with Gasteiger partial charge >= 0.3 is 6.36 Å². The van der Waals surface area contributed by atoms with Gasteiger partial charge in [-0.05, 0) is 26.0 Å². The van der Waals surface area contributed by atoms with Gasteiger partial charge in [0.1, 0.15) is 11.6 Å². The van der Waals surface area contributed by atoms with Crippen molar-refractivity contribution in [2.75, 3.05) is 17.7 Å². The van der Waals surface area contributed by atoms with Crippen molar-refractivity contribution < 1.29 is 17.9 Å². The van der Waals surface area contributed by atoms with Gasteiger partial charge in [0, 0.05) is 24.7 Å². The first-order valence-corrected chi connectivity index (χ1v) is 6.96. The Hall–Kier alpha value is -2.51. The van der Waals surface area contributed by atoms with Gasteiger partial charge in [-0.15, -0.1) is 13.2 Å². The van der Waals surface area contributed by atoms with E-state index < -0.39 is 6.36 Å². The molecule has 1 aromatic heterocycles. The molecule has 124 valence electrons. The summed E-state index contributed by atoms with van der Waals surface area (Å²) in [5.41, 5.74) is 0.984. The molecule has 0 unspecified atom stereocenters. The van der Waals surface area contributed by atoms with Crippen molar-refractivity contribution in [1.29, 1.82) is 0 Å². The van der Waals surface area contributed by atoms with Gasteiger partial charge in [0.15, 0.2) is 0 Å². The second kappa shape index (κ2) is 6.72. The Morgan fingerprint density at radius 1 is 1.13 bits per heavy atom. The summed E-state index contributed by atoms with van der Waals surface area (Å²) in [6.45, 7) is 3.91. The third-order valence-corrected chi connectivity index (χ3v) is 2.75. The molecule has 5 nitrogen and oxygen atoms in total. The van der Waals surface area contributed by atoms with E-state index in [1.165, 1.54) is 18.2 Å². The highest BCUT2D eigenvalue weighted by atomic mass is 19.4. The molecule has 0 spiro atoms. The van der Waals surface area contributed by atoms with E-state index in [2.05, 4.69) is 25.3 Å². The lowest BCUT2D eigenvalue weighted by Crippen LogP contribution is -2.17. The number of hydrogen-bond donors (Lipinski definition) is 2. The van der Waals surface area contributed by atoms with Gasteiger partial charge < -0.3 is 15.4 Å². The number of aromatic nitrogens is 2. The fraction of sp³-hybridized carbons (Fsp3) is 0.333. The Balaban J connectivity index is 2.38. The molecule has 1 heterocycles. The molecular formula is C15H17F3N4O. The van der Waals surface area contributed by atoms with Gasteiger partial charge in [-0.25, -0.2) is 4.98 Å². The number of anilines is 2. The lowest BCUT2D eigenvalue weighted by molar-refractivity contribution is -0.274. The van der Waals surface area contributed by atoms with E-state index >= 15 is 0 Å². The second-order valence-electron chi connectivity index (χ2n) is 5.09. The number of hydrogen-bond acceptors (Lipinski definition) is 5. The van der Waals surface area contributed by atoms with Gasteiger partial charge in [-0.2, -0.15) is 4.98 Å². The minimum atomic E-state index is -4.73. The smallest absolute Gasteiger partial charge is 0.406 e. The molecule has 0 bridgehead atoms. The van der Waals surface area contributed by atoms with Crippen LogP contribution < -0.4 is 15.4 Å². The zero-order chi connectivity index (χ0) is 17.0. The number of ether oxygens (including phenoxy) is 1. The minimum absolute atomic E-state index is 0.155. The van der Waals surface area contributed by atoms with Gasteiger partial charge in [0.05, 0.1) is 5.69 Å². The molecule has 0 saturated carbocycles. The summed E-state index contributed by atoms with van der Waals surface area (Å²) >= 11 is 0. The summed E-state index contributed by atoms with van der Waals surface area (Å²) in [5, 5.41) is 5.97. The largest absolute Gasteiger partial charge is 0.573 e. The van der Waals surface area contributed by atoms with Crippen molar-refractivity contribution in [1.82, 2.24) is 9.97 Å². The maximum absolute atomic E-state index is 12.3. The molecule has 0 fully saturated rings. The van der Waals surface area contributed by atoms with Crippen LogP contribution in [0.15, 0.2) is 30.3 Å². The van der Waals surface area contributed by atoms with E-state index in [9.17, 15) is 13.2 Å². The van der Waals surface area contributed by atoms with Crippen LogP contribution in [0.25, 0.3) is 11.3 Å². The number of rotatable bonds is 5. The van der Waals surface area contributed by atoms with Crippen LogP contribution in [0, 0.1) is 0 Å². The maximum Gasteiger partial charge on any atom is 0.573 e. The highest BCUT2D eigenvalue weighted by molar-refractivity contribution is 5.65. The highest BCUT2D eigenvalue weighted by Crippen LogP contribution is 2.28. The average molecular weight is 326 g/mol. The molecule has 0 aliphatic carbocycles. The Bertz CT molecular complexity index is 674. The van der Waals surface area contributed by atoms with Gasteiger partial charge in [-0.1, -0.05) is 12.1 Å². The van der Waals surface area contributed by atoms with Crippen LogP contribution in [0.5, 0.6) is 5.75 Å². The second-order valence-corrected chi connectivity index (χ2v) is 5.09. The summed E-state index contributed by atoms with van der Waals surface area (Å²) in [6.07, 6.45) is -4.73. The molecule has 2 aromatic rings. The van der Waals surface area contributed by atoms with Crippen molar-refractivity contribution in [3.63, 3.8) is 0 Å². The number of halogens is 3. The van der Waals surface area contributed by atoms with E-state index in [0.29, 0.717) is 23.0 Å². The Labute approximate surface area is 131 Å². The summed E-state index contributed by atoms with van der Waals surface area (Å²) < 4.78 is 40.9. The Kier molecular flexibility index (Phi) is 4.92. The molecule has 1 aromatic carbocycles. The third-order valence-electron chi connectivity index (χ3n) is 2.75. The van der Waals surface area contributed by atoms with Crippen molar-refractivity contribution >= 4 is 11.8 Å². The summed E-state index contributed by atoms with van der Waals surface area (Å²) in [5.74, 6) is 0.655. The maximum atomic E-state index is 12.3. The predicted molar refractivity (Wildman–Crippen MR) is 82.5 cm³/mol. The molecule has 0 saturated heterocycles. The van der Waals surface area contributed by atoms with Gasteiger partial charge in [0.25, 0.3) is 0 Å². The minimum Gasteiger partial charge on any atom is -0.406 e. The van der Waals surface area contributed by atoms with E-state index in [4.69, 9.17) is 0 Å². The van der Waals surface area contributed by atoms with Crippen LogP contribution >= 0.6 is 0 Å². The van der Waals surface area contributed by atoms with Gasteiger partial charge in [0.2, 0.25) is 5.95 Å². The fourth-order valence-corrected chi connectivity index (χ4v) is 1.93. The molecule has 0 atom stereocenters. The topological polar surface area (TPSA) is 59.1 Å². The van der Waals surface area contributed by atoms with Crippen LogP contribution in [0.4, 0.5) is 24.9 Å². The van der Waals surface area contributed by atoms with Gasteiger partial charge in [-0.3, -0.25) is 0 Å². The number of nitrogens with one attached hydrogen (secondary N) is 2. The highest BCUT2D eigenvalue weighted by Gasteiger charge is 2.31. The van der Waals surface area contributed by atoms with Crippen molar-refractivity contribution in [3.8, 4) is 17.0 Å². The first-order valence-electron chi connectivity index (χ1n) is 6.96. The van der Waals surface area contributed by atoms with E-state index in [1.54, 1.807) is 19.2 Å². The molecule has 0 aliphatic rings. The average Bonchev–Trinajstić information content (AvgIpc) is 2.44. The molecule has 0 radical (unpaired) electrons. The van der Waals surface area contributed by atoms with Crippen molar-refractivity contribution in [2.24, 2.45) is 0 Å². The first-order chi connectivity index (χ1) is 10.8. The molecule has 23 heavy (non-hydrogen) atoms. The van der Waals surface area contributed by atoms with Crippen LogP contribution in [0.2, 0.25) is 0 Å². The lowest BCUT2D eigenvalue weighted by Gasteiger charge is -2.13. The summed E-state index contributed by atoms with van der Waals surface area (Å²) in [6, 6.07) is 7.49. The molecule has 2 N–H and O–H groups in total. The number of nitrogens with zero attached hydrogens (tertiary/aromatic N) is 2. The van der Waals surface area contributed by atoms with E-state index in [-0.39, 0.29) is 11.8 Å². The van der Waals surface area contributed by atoms with E-state index in [1.807, 2.05) is 13.8 Å². The zero-order valence-electron chi connectivity index (χ0n) is 12.9. The quantitative estimate of drug-likeness (QED) is 0.872. The third kappa shape index (κ3) is 5.01. The monoisotopic (exact) mass is 326 g/mol. The Morgan fingerprint density at radius 2 is 1.87 bits per heavy atom. The SMILES string of the molecule is CNc1nc(NC(C)C)cc(-c2cccc(OC(F)(F)F)c2)n1. The standard InChI is InChI=1S/C15H17F3N4O/c1-9(2)20-13-8-12(21-14(19-3)22-13)10-5-4-6-11(7-10)23-15(16,17)18/h4-9H,1-3H3,(H2,19,20,21,22). The molecular weight excluding hydrogens is 309 g/mol. The van der Waals surface area contributed by atoms with Crippen LogP contribution in [0.1, 0.15) is 13.8 Å². The fourth-order valence-electron chi connectivity index (χ4n) is 1.93. The molecule has 8 heteroatoms. The Morgan fingerprint density at radius 3 is 2.48 bits per heavy atom. The number of benzene rings is 1. The number of alkyl halides is 3. The predicted octanol–water partition coefficient (Wildman–Crippen LogP) is 3.90. The summed E-state index contributed by atoms with van der Waals surface area (Å²) in [7, 11) is 1.67. The lowest BCUT2D eigenvalue weighted by atomic mass is 10.1. The summed E-state index contributed by atoms with van der Waals surface area (Å²) in [4.78, 5) is 8.52.